The fourth-order valence-electron chi connectivity index (χ4n) is 0.378. The normalized spacial score (nSPS) is 10.4. The van der Waals surface area contributed by atoms with Gasteiger partial charge in [-0.2, -0.15) is 0 Å². The summed E-state index contributed by atoms with van der Waals surface area (Å²) in [5, 5.41) is 0. The third-order valence-electron chi connectivity index (χ3n) is 0.859. The zero-order valence-corrected chi connectivity index (χ0v) is 5.99. The highest BCUT2D eigenvalue weighted by atomic mass is 14.1. The van der Waals surface area contributed by atoms with Crippen LogP contribution in [0.1, 0.15) is 27.2 Å². The average molecular weight is 110 g/mol. The fraction of sp³-hybridized carbons (Fsp3) is 0.625. The molecule has 0 radical (unpaired) electrons. The first-order valence-corrected chi connectivity index (χ1v) is 2.90. The number of rotatable bonds is 1. The van der Waals surface area contributed by atoms with Crippen LogP contribution >= 0.6 is 0 Å². The summed E-state index contributed by atoms with van der Waals surface area (Å²) in [6.45, 7) is 10.1. The summed E-state index contributed by atoms with van der Waals surface area (Å²) in [6.07, 6.45) is 3.04. The van der Waals surface area contributed by atoms with Crippen molar-refractivity contribution in [2.24, 2.45) is 5.41 Å². The topological polar surface area (TPSA) is 0 Å². The van der Waals surface area contributed by atoms with Crippen molar-refractivity contribution in [1.29, 1.82) is 0 Å². The molecule has 0 aromatic rings. The van der Waals surface area contributed by atoms with Crippen LogP contribution in [-0.2, 0) is 0 Å². The van der Waals surface area contributed by atoms with Crippen LogP contribution in [0.2, 0.25) is 0 Å². The molecule has 0 aromatic heterocycles. The second-order valence-electron chi connectivity index (χ2n) is 3.17. The molecule has 0 saturated heterocycles. The molecule has 0 nitrogen and oxygen atoms in total. The maximum absolute atomic E-state index is 3.48. The lowest BCUT2D eigenvalue weighted by molar-refractivity contribution is 0.421. The van der Waals surface area contributed by atoms with E-state index in [1.165, 1.54) is 0 Å². The summed E-state index contributed by atoms with van der Waals surface area (Å²) in [4.78, 5) is 0. The van der Waals surface area contributed by atoms with Gasteiger partial charge in [-0.3, -0.25) is 0 Å². The lowest BCUT2D eigenvalue weighted by Gasteiger charge is -2.13. The molecule has 0 aromatic carbocycles. The molecule has 0 unspecified atom stereocenters. The van der Waals surface area contributed by atoms with Gasteiger partial charge in [0.15, 0.2) is 0 Å². The van der Waals surface area contributed by atoms with Crippen molar-refractivity contribution in [3.05, 3.63) is 18.4 Å². The van der Waals surface area contributed by atoms with Crippen molar-refractivity contribution in [1.82, 2.24) is 0 Å². The van der Waals surface area contributed by atoms with E-state index >= 15 is 0 Å². The molecule has 0 aliphatic carbocycles. The summed E-state index contributed by atoms with van der Waals surface area (Å²) >= 11 is 0. The summed E-state index contributed by atoms with van der Waals surface area (Å²) in [5.74, 6) is 0. The van der Waals surface area contributed by atoms with Crippen LogP contribution in [0.4, 0.5) is 0 Å². The van der Waals surface area contributed by atoms with Gasteiger partial charge >= 0.3 is 0 Å². The summed E-state index contributed by atoms with van der Waals surface area (Å²) in [7, 11) is 0. The minimum Gasteiger partial charge on any atom is -0.133 e. The Kier molecular flexibility index (Phi) is 2.57. The molecule has 0 heteroatoms. The van der Waals surface area contributed by atoms with E-state index in [1.54, 1.807) is 0 Å². The van der Waals surface area contributed by atoms with Gasteiger partial charge in [-0.25, -0.2) is 0 Å². The average Bonchev–Trinajstić information content (AvgIpc) is 1.59. The number of hydrogen-bond donors (Lipinski definition) is 0. The first kappa shape index (κ1) is 7.52. The van der Waals surface area contributed by atoms with E-state index in [-0.39, 0.29) is 0 Å². The zero-order valence-electron chi connectivity index (χ0n) is 5.99. The molecule has 0 spiro atoms. The molecule has 0 aliphatic rings. The van der Waals surface area contributed by atoms with Crippen molar-refractivity contribution < 1.29 is 0 Å². The van der Waals surface area contributed by atoms with Crippen molar-refractivity contribution in [3.63, 3.8) is 0 Å². The van der Waals surface area contributed by atoms with Crippen LogP contribution in [0.3, 0.4) is 0 Å². The van der Waals surface area contributed by atoms with Gasteiger partial charge in [0.1, 0.15) is 0 Å². The SMILES string of the molecule is C=C=CCC(C)(C)C. The van der Waals surface area contributed by atoms with Crippen LogP contribution in [0.5, 0.6) is 0 Å². The third-order valence-corrected chi connectivity index (χ3v) is 0.859. The number of allylic oxidation sites excluding steroid dienone is 1. The van der Waals surface area contributed by atoms with E-state index in [1.807, 2.05) is 6.08 Å². The van der Waals surface area contributed by atoms with Gasteiger partial charge in [0, 0.05) is 0 Å². The molecular formula is C8H14. The van der Waals surface area contributed by atoms with E-state index < -0.39 is 0 Å². The predicted molar refractivity (Wildman–Crippen MR) is 37.8 cm³/mol. The lowest BCUT2D eigenvalue weighted by atomic mass is 9.92. The van der Waals surface area contributed by atoms with Gasteiger partial charge < -0.3 is 0 Å². The monoisotopic (exact) mass is 110 g/mol. The lowest BCUT2D eigenvalue weighted by Crippen LogP contribution is -2.01. The Bertz CT molecular complexity index is 97.7. The van der Waals surface area contributed by atoms with Crippen LogP contribution in [0.25, 0.3) is 0 Å². The van der Waals surface area contributed by atoms with Gasteiger partial charge in [-0.1, -0.05) is 27.4 Å². The highest BCUT2D eigenvalue weighted by Crippen LogP contribution is 2.17. The zero-order chi connectivity index (χ0) is 6.62. The molecule has 46 valence electrons. The molecule has 0 rings (SSSR count). The van der Waals surface area contributed by atoms with Crippen LogP contribution in [0, 0.1) is 5.41 Å². The Morgan fingerprint density at radius 3 is 2.12 bits per heavy atom. The second kappa shape index (κ2) is 2.74. The van der Waals surface area contributed by atoms with Gasteiger partial charge in [0.05, 0.1) is 0 Å². The Morgan fingerprint density at radius 1 is 1.50 bits per heavy atom. The summed E-state index contributed by atoms with van der Waals surface area (Å²) < 4.78 is 0. The van der Waals surface area contributed by atoms with Crippen molar-refractivity contribution in [3.8, 4) is 0 Å². The summed E-state index contributed by atoms with van der Waals surface area (Å²) in [5.41, 5.74) is 3.14. The molecule has 0 aliphatic heterocycles. The molecule has 0 bridgehead atoms. The highest BCUT2D eigenvalue weighted by Gasteiger charge is 2.05. The van der Waals surface area contributed by atoms with E-state index in [2.05, 4.69) is 33.1 Å². The standard InChI is InChI=1S/C8H14/c1-5-6-7-8(2,3)4/h6H,1,7H2,2-4H3. The van der Waals surface area contributed by atoms with Gasteiger partial charge in [-0.15, -0.1) is 5.73 Å². The Morgan fingerprint density at radius 2 is 2.00 bits per heavy atom. The second-order valence-corrected chi connectivity index (χ2v) is 3.17. The van der Waals surface area contributed by atoms with E-state index in [4.69, 9.17) is 0 Å². The third kappa shape index (κ3) is 5.52. The molecule has 0 amide bonds. The Labute approximate surface area is 51.9 Å². The maximum atomic E-state index is 3.48. The maximum Gasteiger partial charge on any atom is -0.0226 e. The highest BCUT2D eigenvalue weighted by molar-refractivity contribution is 4.81. The van der Waals surface area contributed by atoms with Crippen molar-refractivity contribution in [2.75, 3.05) is 0 Å². The molecular weight excluding hydrogens is 96.1 g/mol. The molecule has 0 fully saturated rings. The van der Waals surface area contributed by atoms with Gasteiger partial charge in [-0.05, 0) is 17.9 Å². The van der Waals surface area contributed by atoms with Gasteiger partial charge in [0.2, 0.25) is 0 Å². The van der Waals surface area contributed by atoms with Crippen LogP contribution < -0.4 is 0 Å². The first-order valence-electron chi connectivity index (χ1n) is 2.90. The van der Waals surface area contributed by atoms with Crippen molar-refractivity contribution >= 4 is 0 Å². The van der Waals surface area contributed by atoms with E-state index in [0.29, 0.717) is 5.41 Å². The van der Waals surface area contributed by atoms with Crippen LogP contribution in [0.15, 0.2) is 18.4 Å². The number of hydrogen-bond acceptors (Lipinski definition) is 0. The molecule has 0 heterocycles. The minimum atomic E-state index is 0.394. The Balaban J connectivity index is 3.55. The Hall–Kier alpha value is -0.480. The van der Waals surface area contributed by atoms with E-state index in [9.17, 15) is 0 Å². The minimum absolute atomic E-state index is 0.394. The smallest absolute Gasteiger partial charge is 0.0226 e. The van der Waals surface area contributed by atoms with E-state index in [0.717, 1.165) is 6.42 Å². The molecule has 0 N–H and O–H groups in total. The fourth-order valence-corrected chi connectivity index (χ4v) is 0.378. The quantitative estimate of drug-likeness (QED) is 0.455. The summed E-state index contributed by atoms with van der Waals surface area (Å²) in [6, 6.07) is 0. The predicted octanol–water partition coefficient (Wildman–Crippen LogP) is 2.76. The molecule has 0 saturated carbocycles. The van der Waals surface area contributed by atoms with Gasteiger partial charge in [0.25, 0.3) is 0 Å². The van der Waals surface area contributed by atoms with Crippen LogP contribution in [-0.4, -0.2) is 0 Å². The molecule has 0 atom stereocenters. The largest absolute Gasteiger partial charge is 0.133 e. The van der Waals surface area contributed by atoms with Crippen molar-refractivity contribution in [2.45, 2.75) is 27.2 Å². The molecule has 8 heavy (non-hydrogen) atoms. The first-order chi connectivity index (χ1) is 3.56.